The third kappa shape index (κ3) is 2.66. The van der Waals surface area contributed by atoms with Crippen LogP contribution in [0.5, 0.6) is 0 Å². The number of hydrogen-bond donors (Lipinski definition) is 2. The second kappa shape index (κ2) is 4.56. The molecule has 0 saturated heterocycles. The summed E-state index contributed by atoms with van der Waals surface area (Å²) in [6.45, 7) is -0.655. The van der Waals surface area contributed by atoms with E-state index < -0.39 is 30.1 Å². The SMILES string of the molecule is NC(=O)COC(=O)c1cc(F)c(F)cc1N. The molecule has 1 amide bonds. The van der Waals surface area contributed by atoms with Crippen molar-refractivity contribution in [3.8, 4) is 0 Å². The van der Waals surface area contributed by atoms with E-state index in [4.69, 9.17) is 11.5 Å². The van der Waals surface area contributed by atoms with Gasteiger partial charge in [-0.05, 0) is 6.07 Å². The highest BCUT2D eigenvalue weighted by molar-refractivity contribution is 5.96. The summed E-state index contributed by atoms with van der Waals surface area (Å²) in [7, 11) is 0. The van der Waals surface area contributed by atoms with E-state index in [1.165, 1.54) is 0 Å². The van der Waals surface area contributed by atoms with Gasteiger partial charge in [-0.2, -0.15) is 0 Å². The van der Waals surface area contributed by atoms with Crippen LogP contribution in [0.3, 0.4) is 0 Å². The number of carbonyl (C=O) groups is 2. The van der Waals surface area contributed by atoms with Crippen LogP contribution in [-0.2, 0) is 9.53 Å². The molecule has 1 rings (SSSR count). The number of halogens is 2. The van der Waals surface area contributed by atoms with Crippen LogP contribution in [0.2, 0.25) is 0 Å². The van der Waals surface area contributed by atoms with Gasteiger partial charge < -0.3 is 16.2 Å². The zero-order valence-corrected chi connectivity index (χ0v) is 8.00. The molecule has 16 heavy (non-hydrogen) atoms. The summed E-state index contributed by atoms with van der Waals surface area (Å²) in [5, 5.41) is 0. The highest BCUT2D eigenvalue weighted by Gasteiger charge is 2.16. The molecule has 0 spiro atoms. The van der Waals surface area contributed by atoms with Crippen molar-refractivity contribution in [1.29, 1.82) is 0 Å². The van der Waals surface area contributed by atoms with Crippen LogP contribution in [0, 0.1) is 11.6 Å². The molecule has 0 aliphatic heterocycles. The van der Waals surface area contributed by atoms with E-state index in [9.17, 15) is 18.4 Å². The summed E-state index contributed by atoms with van der Waals surface area (Å²) in [6.07, 6.45) is 0. The maximum Gasteiger partial charge on any atom is 0.340 e. The first kappa shape index (κ1) is 11.9. The number of rotatable bonds is 3. The van der Waals surface area contributed by atoms with Gasteiger partial charge >= 0.3 is 5.97 Å². The summed E-state index contributed by atoms with van der Waals surface area (Å²) in [5.41, 5.74) is 9.36. The highest BCUT2D eigenvalue weighted by Crippen LogP contribution is 2.17. The fraction of sp³-hybridized carbons (Fsp3) is 0.111. The number of nitrogen functional groups attached to an aromatic ring is 1. The molecule has 1 aromatic carbocycles. The Morgan fingerprint density at radius 1 is 1.25 bits per heavy atom. The van der Waals surface area contributed by atoms with Crippen LogP contribution in [-0.4, -0.2) is 18.5 Å². The lowest BCUT2D eigenvalue weighted by atomic mass is 10.1. The molecule has 0 aromatic heterocycles. The van der Waals surface area contributed by atoms with Gasteiger partial charge in [-0.3, -0.25) is 4.79 Å². The van der Waals surface area contributed by atoms with Gasteiger partial charge in [0, 0.05) is 11.8 Å². The Labute approximate surface area is 89.0 Å². The van der Waals surface area contributed by atoms with Crippen molar-refractivity contribution in [1.82, 2.24) is 0 Å². The molecule has 5 nitrogen and oxygen atoms in total. The van der Waals surface area contributed by atoms with Gasteiger partial charge in [-0.25, -0.2) is 13.6 Å². The van der Waals surface area contributed by atoms with Crippen molar-refractivity contribution in [3.63, 3.8) is 0 Å². The highest BCUT2D eigenvalue weighted by atomic mass is 19.2. The normalized spacial score (nSPS) is 9.88. The number of hydrogen-bond acceptors (Lipinski definition) is 4. The maximum atomic E-state index is 12.8. The molecule has 0 aliphatic carbocycles. The summed E-state index contributed by atoms with van der Waals surface area (Å²) < 4.78 is 29.8. The van der Waals surface area contributed by atoms with E-state index in [2.05, 4.69) is 4.74 Å². The van der Waals surface area contributed by atoms with E-state index in [0.29, 0.717) is 12.1 Å². The van der Waals surface area contributed by atoms with E-state index in [1.807, 2.05) is 0 Å². The molecule has 0 atom stereocenters. The Morgan fingerprint density at radius 3 is 2.38 bits per heavy atom. The van der Waals surface area contributed by atoms with E-state index in [0.717, 1.165) is 0 Å². The summed E-state index contributed by atoms with van der Waals surface area (Å²) in [6, 6.07) is 1.24. The van der Waals surface area contributed by atoms with Gasteiger partial charge in [0.05, 0.1) is 5.56 Å². The zero-order valence-electron chi connectivity index (χ0n) is 8.00. The number of carbonyl (C=O) groups excluding carboxylic acids is 2. The van der Waals surface area contributed by atoms with Crippen LogP contribution in [0.1, 0.15) is 10.4 Å². The van der Waals surface area contributed by atoms with Crippen molar-refractivity contribution in [3.05, 3.63) is 29.3 Å². The average molecular weight is 230 g/mol. The van der Waals surface area contributed by atoms with Crippen LogP contribution in [0.25, 0.3) is 0 Å². The van der Waals surface area contributed by atoms with Crippen LogP contribution in [0.4, 0.5) is 14.5 Å². The molecule has 0 bridgehead atoms. The minimum atomic E-state index is -1.24. The Bertz CT molecular complexity index is 449. The van der Waals surface area contributed by atoms with Gasteiger partial charge in [0.2, 0.25) is 0 Å². The molecule has 0 radical (unpaired) electrons. The van der Waals surface area contributed by atoms with Crippen LogP contribution < -0.4 is 11.5 Å². The van der Waals surface area contributed by atoms with Crippen molar-refractivity contribution < 1.29 is 23.1 Å². The first-order chi connectivity index (χ1) is 7.41. The zero-order chi connectivity index (χ0) is 12.3. The Morgan fingerprint density at radius 2 is 1.81 bits per heavy atom. The molecule has 0 fully saturated rings. The van der Waals surface area contributed by atoms with Gasteiger partial charge in [0.1, 0.15) is 0 Å². The number of benzene rings is 1. The average Bonchev–Trinajstić information content (AvgIpc) is 2.20. The van der Waals surface area contributed by atoms with E-state index in [-0.39, 0.29) is 11.3 Å². The second-order valence-electron chi connectivity index (χ2n) is 2.90. The number of esters is 1. The number of nitrogens with two attached hydrogens (primary N) is 2. The third-order valence-corrected chi connectivity index (χ3v) is 1.66. The fourth-order valence-corrected chi connectivity index (χ4v) is 0.953. The molecule has 0 unspecified atom stereocenters. The van der Waals surface area contributed by atoms with Crippen molar-refractivity contribution in [2.24, 2.45) is 5.73 Å². The van der Waals surface area contributed by atoms with Gasteiger partial charge in [0.15, 0.2) is 18.2 Å². The smallest absolute Gasteiger partial charge is 0.340 e. The first-order valence-electron chi connectivity index (χ1n) is 4.11. The second-order valence-corrected chi connectivity index (χ2v) is 2.90. The summed E-state index contributed by atoms with van der Waals surface area (Å²) in [5.74, 6) is -4.33. The summed E-state index contributed by atoms with van der Waals surface area (Å²) >= 11 is 0. The quantitative estimate of drug-likeness (QED) is 0.572. The van der Waals surface area contributed by atoms with E-state index in [1.54, 1.807) is 0 Å². The molecule has 7 heteroatoms. The molecule has 0 heterocycles. The monoisotopic (exact) mass is 230 g/mol. The number of anilines is 1. The Balaban J connectivity index is 2.91. The molecule has 4 N–H and O–H groups in total. The minimum Gasteiger partial charge on any atom is -0.452 e. The minimum absolute atomic E-state index is 0.284. The molecule has 0 saturated carbocycles. The van der Waals surface area contributed by atoms with Gasteiger partial charge in [-0.15, -0.1) is 0 Å². The topological polar surface area (TPSA) is 95.4 Å². The van der Waals surface area contributed by atoms with Crippen molar-refractivity contribution in [2.45, 2.75) is 0 Å². The van der Waals surface area contributed by atoms with Crippen LogP contribution in [0.15, 0.2) is 12.1 Å². The molecular weight excluding hydrogens is 222 g/mol. The lowest BCUT2D eigenvalue weighted by Gasteiger charge is -2.05. The van der Waals surface area contributed by atoms with Crippen molar-refractivity contribution >= 4 is 17.6 Å². The Kier molecular flexibility index (Phi) is 3.39. The first-order valence-corrected chi connectivity index (χ1v) is 4.11. The van der Waals surface area contributed by atoms with Crippen LogP contribution >= 0.6 is 0 Å². The molecule has 0 aliphatic rings. The number of amides is 1. The van der Waals surface area contributed by atoms with E-state index >= 15 is 0 Å². The predicted octanol–water partition coefficient (Wildman–Crippen LogP) is 0.189. The lowest BCUT2D eigenvalue weighted by molar-refractivity contribution is -0.121. The maximum absolute atomic E-state index is 12.8. The van der Waals surface area contributed by atoms with Crippen molar-refractivity contribution in [2.75, 3.05) is 12.3 Å². The Hall–Kier alpha value is -2.18. The molecule has 1 aromatic rings. The van der Waals surface area contributed by atoms with Gasteiger partial charge in [-0.1, -0.05) is 0 Å². The molecular formula is C9H8F2N2O3. The standard InChI is InChI=1S/C9H8F2N2O3/c10-5-1-4(7(12)2-6(5)11)9(15)16-3-8(13)14/h1-2H,3,12H2,(H2,13,14). The number of ether oxygens (including phenoxy) is 1. The third-order valence-electron chi connectivity index (χ3n) is 1.66. The number of primary amides is 1. The van der Waals surface area contributed by atoms with Gasteiger partial charge in [0.25, 0.3) is 5.91 Å². The fourth-order valence-electron chi connectivity index (χ4n) is 0.953. The molecule has 86 valence electrons. The largest absolute Gasteiger partial charge is 0.452 e. The lowest BCUT2D eigenvalue weighted by Crippen LogP contribution is -2.21. The summed E-state index contributed by atoms with van der Waals surface area (Å²) in [4.78, 5) is 21.6. The predicted molar refractivity (Wildman–Crippen MR) is 50.2 cm³/mol.